The largest absolute Gasteiger partial charge is 0.481 e. The molecule has 2 N–H and O–H groups in total. The van der Waals surface area contributed by atoms with Gasteiger partial charge in [0.2, 0.25) is 0 Å². The van der Waals surface area contributed by atoms with E-state index in [1.54, 1.807) is 0 Å². The summed E-state index contributed by atoms with van der Waals surface area (Å²) in [4.78, 5) is 9.00. The van der Waals surface area contributed by atoms with Crippen molar-refractivity contribution in [2.45, 2.75) is 80.1 Å². The van der Waals surface area contributed by atoms with E-state index in [1.807, 2.05) is 6.08 Å². The zero-order valence-electron chi connectivity index (χ0n) is 17.1. The van der Waals surface area contributed by atoms with Crippen molar-refractivity contribution in [2.24, 2.45) is 0 Å². The van der Waals surface area contributed by atoms with Gasteiger partial charge in [-0.3, -0.25) is 4.79 Å². The molecule has 0 fully saturated rings. The first-order chi connectivity index (χ1) is 11.7. The number of carbonyl (C=O) groups is 1. The summed E-state index contributed by atoms with van der Waals surface area (Å²) in [6, 6.07) is 0. The molecule has 0 amide bonds. The lowest BCUT2D eigenvalue weighted by Gasteiger charge is -2.02. The van der Waals surface area contributed by atoms with Crippen LogP contribution in [0.4, 0.5) is 0 Å². The summed E-state index contributed by atoms with van der Waals surface area (Å²) in [5.41, 5.74) is 5.66. The highest BCUT2D eigenvalue weighted by molar-refractivity contribution is 5.62. The molecule has 0 aliphatic carbocycles. The predicted octanol–water partition coefficient (Wildman–Crippen LogP) is 6.22. The molecule has 0 saturated carbocycles. The molecule has 3 nitrogen and oxygen atoms in total. The molecule has 0 aliphatic heterocycles. The van der Waals surface area contributed by atoms with E-state index in [0.717, 1.165) is 39.0 Å². The first kappa shape index (κ1) is 25.6. The zero-order valence-corrected chi connectivity index (χ0v) is 17.1. The molecule has 0 saturated heterocycles. The van der Waals surface area contributed by atoms with E-state index >= 15 is 0 Å². The zero-order chi connectivity index (χ0) is 19.7. The Labute approximate surface area is 154 Å². The Hall–Kier alpha value is -1.61. The second-order valence-electron chi connectivity index (χ2n) is 6.75. The Morgan fingerprint density at radius 1 is 0.680 bits per heavy atom. The van der Waals surface area contributed by atoms with Crippen molar-refractivity contribution in [1.29, 1.82) is 0 Å². The quantitative estimate of drug-likeness (QED) is 0.460. The molecular weight excluding hydrogens is 312 g/mol. The maximum atomic E-state index is 9.00. The minimum atomic E-state index is -0.833. The molecule has 0 rings (SSSR count). The fourth-order valence-electron chi connectivity index (χ4n) is 2.14. The molecule has 0 aliphatic rings. The van der Waals surface area contributed by atoms with Crippen LogP contribution in [0, 0.1) is 0 Å². The number of carboxylic acid groups (broad SMARTS) is 1. The smallest absolute Gasteiger partial charge is 0.300 e. The van der Waals surface area contributed by atoms with Gasteiger partial charge in [-0.2, -0.15) is 0 Å². The Bertz CT molecular complexity index is 472. The molecule has 0 spiro atoms. The average molecular weight is 351 g/mol. The lowest BCUT2D eigenvalue weighted by Crippen LogP contribution is -1.83. The van der Waals surface area contributed by atoms with Crippen molar-refractivity contribution >= 4 is 5.97 Å². The van der Waals surface area contributed by atoms with Gasteiger partial charge in [0.25, 0.3) is 5.97 Å². The van der Waals surface area contributed by atoms with Crippen LogP contribution >= 0.6 is 0 Å². The molecule has 25 heavy (non-hydrogen) atoms. The van der Waals surface area contributed by atoms with Crippen LogP contribution in [0.3, 0.4) is 0 Å². The lowest BCUT2D eigenvalue weighted by atomic mass is 10.0. The number of hydrogen-bond acceptors (Lipinski definition) is 2. The number of hydrogen-bond donors (Lipinski definition) is 2. The average Bonchev–Trinajstić information content (AvgIpc) is 2.46. The van der Waals surface area contributed by atoms with Crippen LogP contribution in [-0.2, 0) is 4.79 Å². The standard InChI is InChI=1S/C20H34O.C2H4O2/c1-17(2)9-6-10-18(3)11-7-12-19(4)13-8-14-20(5)15-16-21;1-2(3)4/h9,11,13,15,21H,6-8,10,12,14,16H2,1-5H3;1H3,(H,3,4). The number of allylic oxidation sites excluding steroid dienone is 7. The fourth-order valence-corrected chi connectivity index (χ4v) is 2.14. The van der Waals surface area contributed by atoms with Crippen LogP contribution in [0.1, 0.15) is 80.1 Å². The topological polar surface area (TPSA) is 57.5 Å². The number of aliphatic hydroxyl groups excluding tert-OH is 1. The van der Waals surface area contributed by atoms with Gasteiger partial charge in [-0.1, -0.05) is 46.6 Å². The first-order valence-corrected chi connectivity index (χ1v) is 9.09. The second-order valence-corrected chi connectivity index (χ2v) is 6.75. The van der Waals surface area contributed by atoms with Gasteiger partial charge in [0.15, 0.2) is 0 Å². The molecule has 3 heteroatoms. The second kappa shape index (κ2) is 17.2. The van der Waals surface area contributed by atoms with Gasteiger partial charge in [-0.25, -0.2) is 0 Å². The number of carboxylic acids is 1. The summed E-state index contributed by atoms with van der Waals surface area (Å²) < 4.78 is 0. The summed E-state index contributed by atoms with van der Waals surface area (Å²) in [5.74, 6) is -0.833. The van der Waals surface area contributed by atoms with Crippen LogP contribution in [0.2, 0.25) is 0 Å². The van der Waals surface area contributed by atoms with Gasteiger partial charge in [-0.15, -0.1) is 0 Å². The van der Waals surface area contributed by atoms with Crippen LogP contribution in [0.5, 0.6) is 0 Å². The van der Waals surface area contributed by atoms with E-state index < -0.39 is 5.97 Å². The van der Waals surface area contributed by atoms with Crippen molar-refractivity contribution in [2.75, 3.05) is 6.61 Å². The first-order valence-electron chi connectivity index (χ1n) is 9.09. The van der Waals surface area contributed by atoms with Crippen LogP contribution in [-0.4, -0.2) is 22.8 Å². The number of aliphatic hydroxyl groups is 1. The third-order valence-electron chi connectivity index (χ3n) is 3.59. The Morgan fingerprint density at radius 3 is 1.32 bits per heavy atom. The van der Waals surface area contributed by atoms with E-state index in [4.69, 9.17) is 15.0 Å². The molecule has 0 aromatic carbocycles. The van der Waals surface area contributed by atoms with Crippen LogP contribution < -0.4 is 0 Å². The molecular formula is C22H38O3. The van der Waals surface area contributed by atoms with Gasteiger partial charge < -0.3 is 10.2 Å². The third-order valence-corrected chi connectivity index (χ3v) is 3.59. The van der Waals surface area contributed by atoms with Gasteiger partial charge in [0, 0.05) is 6.92 Å². The summed E-state index contributed by atoms with van der Waals surface area (Å²) in [5, 5.41) is 16.2. The minimum absolute atomic E-state index is 0.158. The van der Waals surface area contributed by atoms with E-state index in [-0.39, 0.29) is 6.61 Å². The molecule has 0 heterocycles. The molecule has 0 aromatic heterocycles. The normalized spacial score (nSPS) is 12.4. The maximum Gasteiger partial charge on any atom is 0.300 e. The summed E-state index contributed by atoms with van der Waals surface area (Å²) >= 11 is 0. The molecule has 0 unspecified atom stereocenters. The van der Waals surface area contributed by atoms with Gasteiger partial charge in [0.05, 0.1) is 6.61 Å². The highest BCUT2D eigenvalue weighted by Gasteiger charge is 1.93. The van der Waals surface area contributed by atoms with E-state index in [9.17, 15) is 0 Å². The SMILES string of the molecule is CC(=O)O.CC(C)=CCCC(C)=CCCC(C)=CCCC(C)=CCO. The molecule has 144 valence electrons. The maximum absolute atomic E-state index is 9.00. The predicted molar refractivity (Wildman–Crippen MR) is 109 cm³/mol. The minimum Gasteiger partial charge on any atom is -0.481 e. The van der Waals surface area contributed by atoms with Crippen molar-refractivity contribution < 1.29 is 15.0 Å². The summed E-state index contributed by atoms with van der Waals surface area (Å²) in [6.07, 6.45) is 15.7. The van der Waals surface area contributed by atoms with Gasteiger partial charge >= 0.3 is 0 Å². The number of aliphatic carboxylic acids is 1. The molecule has 0 aromatic rings. The Balaban J connectivity index is 0. The van der Waals surface area contributed by atoms with Crippen molar-refractivity contribution in [3.63, 3.8) is 0 Å². The lowest BCUT2D eigenvalue weighted by molar-refractivity contribution is -0.134. The van der Waals surface area contributed by atoms with Gasteiger partial charge in [-0.05, 0) is 73.1 Å². The highest BCUT2D eigenvalue weighted by atomic mass is 16.4. The van der Waals surface area contributed by atoms with Crippen molar-refractivity contribution in [3.8, 4) is 0 Å². The van der Waals surface area contributed by atoms with Crippen LogP contribution in [0.15, 0.2) is 46.6 Å². The monoisotopic (exact) mass is 350 g/mol. The van der Waals surface area contributed by atoms with E-state index in [1.165, 1.54) is 28.7 Å². The van der Waals surface area contributed by atoms with E-state index in [0.29, 0.717) is 0 Å². The van der Waals surface area contributed by atoms with E-state index in [2.05, 4.69) is 52.8 Å². The Kier molecular flexibility index (Phi) is 17.7. The highest BCUT2D eigenvalue weighted by Crippen LogP contribution is 2.13. The number of rotatable bonds is 10. The summed E-state index contributed by atoms with van der Waals surface area (Å²) in [6.45, 7) is 12.1. The van der Waals surface area contributed by atoms with Crippen molar-refractivity contribution in [1.82, 2.24) is 0 Å². The fraction of sp³-hybridized carbons (Fsp3) is 0.591. The molecule has 0 bridgehead atoms. The van der Waals surface area contributed by atoms with Crippen LogP contribution in [0.25, 0.3) is 0 Å². The Morgan fingerprint density at radius 2 is 1.00 bits per heavy atom. The molecule has 0 atom stereocenters. The third kappa shape index (κ3) is 24.8. The summed E-state index contributed by atoms with van der Waals surface area (Å²) in [7, 11) is 0. The van der Waals surface area contributed by atoms with Crippen molar-refractivity contribution in [3.05, 3.63) is 46.6 Å². The van der Waals surface area contributed by atoms with Gasteiger partial charge in [0.1, 0.15) is 0 Å². The molecule has 0 radical (unpaired) electrons.